The van der Waals surface area contributed by atoms with E-state index in [0.717, 1.165) is 22.4 Å². The highest BCUT2D eigenvalue weighted by atomic mass is 16.6. The van der Waals surface area contributed by atoms with Gasteiger partial charge in [-0.05, 0) is 67.8 Å². The van der Waals surface area contributed by atoms with Gasteiger partial charge in [-0.25, -0.2) is 4.79 Å². The van der Waals surface area contributed by atoms with Gasteiger partial charge in [0.1, 0.15) is 11.6 Å². The van der Waals surface area contributed by atoms with Crippen molar-refractivity contribution in [2.75, 3.05) is 25.5 Å². The lowest BCUT2D eigenvalue weighted by molar-refractivity contribution is -0.122. The number of carbonyl (C=O) groups excluding carboxylic acids is 4. The van der Waals surface area contributed by atoms with E-state index in [0.29, 0.717) is 39.9 Å². The van der Waals surface area contributed by atoms with Crippen LogP contribution < -0.4 is 15.5 Å². The summed E-state index contributed by atoms with van der Waals surface area (Å²) in [6, 6.07) is 17.3. The van der Waals surface area contributed by atoms with Gasteiger partial charge in [0, 0.05) is 56.0 Å². The molecule has 2 unspecified atom stereocenters. The van der Waals surface area contributed by atoms with Crippen molar-refractivity contribution in [3.05, 3.63) is 105 Å². The third-order valence-corrected chi connectivity index (χ3v) is 9.37. The maximum atomic E-state index is 13.9. The number of allylic oxidation sites excluding steroid dienone is 1. The molecule has 236 valence electrons. The number of nitrogens with one attached hydrogen (secondary N) is 3. The Morgan fingerprint density at radius 3 is 2.57 bits per heavy atom. The maximum Gasteiger partial charge on any atom is 0.339 e. The highest BCUT2D eigenvalue weighted by Crippen LogP contribution is 2.58. The van der Waals surface area contributed by atoms with Crippen molar-refractivity contribution >= 4 is 41.3 Å². The van der Waals surface area contributed by atoms with E-state index in [9.17, 15) is 19.2 Å². The fourth-order valence-corrected chi connectivity index (χ4v) is 6.62. The second kappa shape index (κ2) is 11.6. The second-order valence-corrected chi connectivity index (χ2v) is 12.4. The van der Waals surface area contributed by atoms with E-state index in [1.54, 1.807) is 63.5 Å². The third-order valence-electron chi connectivity index (χ3n) is 9.37. The second-order valence-electron chi connectivity index (χ2n) is 12.4. The Morgan fingerprint density at radius 1 is 1.07 bits per heavy atom. The lowest BCUT2D eigenvalue weighted by atomic mass is 9.96. The van der Waals surface area contributed by atoms with Crippen molar-refractivity contribution in [1.29, 1.82) is 5.41 Å². The van der Waals surface area contributed by atoms with E-state index >= 15 is 0 Å². The molecule has 1 fully saturated rings. The van der Waals surface area contributed by atoms with E-state index in [1.807, 2.05) is 32.0 Å². The number of esters is 1. The van der Waals surface area contributed by atoms with Crippen LogP contribution in [0, 0.1) is 12.3 Å². The summed E-state index contributed by atoms with van der Waals surface area (Å²) >= 11 is 0. The zero-order chi connectivity index (χ0) is 32.9. The average molecular weight is 620 g/mol. The van der Waals surface area contributed by atoms with Gasteiger partial charge in [-0.15, -0.1) is 0 Å². The quantitative estimate of drug-likeness (QED) is 0.253. The number of fused-ring (bicyclic) bond motifs is 4. The molecule has 3 N–H and O–H groups in total. The van der Waals surface area contributed by atoms with Crippen LogP contribution in [0.2, 0.25) is 0 Å². The molecule has 10 nitrogen and oxygen atoms in total. The molecule has 3 aliphatic rings. The van der Waals surface area contributed by atoms with Crippen molar-refractivity contribution < 1.29 is 23.9 Å². The molecule has 3 aromatic carbocycles. The monoisotopic (exact) mass is 619 g/mol. The lowest BCUT2D eigenvalue weighted by Crippen LogP contribution is -2.45. The molecule has 0 aromatic heterocycles. The number of carbonyl (C=O) groups is 4. The summed E-state index contributed by atoms with van der Waals surface area (Å²) in [7, 11) is 3.42. The first-order valence-corrected chi connectivity index (χ1v) is 15.3. The number of hydrogen-bond acceptors (Lipinski definition) is 7. The zero-order valence-electron chi connectivity index (χ0n) is 26.6. The number of amides is 3. The van der Waals surface area contributed by atoms with Crippen molar-refractivity contribution in [2.45, 2.75) is 51.3 Å². The first-order valence-electron chi connectivity index (χ1n) is 15.3. The SMILES string of the molecule is CN/C(=C(/C)C=N)c1ccc2c(c1)N(C)C(=O)[C@@H](C)N(Cc1cccc(C(=O)NCC34CC3c3cc(C)ccc3C(=O)O4)c1)C2=O. The Bertz CT molecular complexity index is 1850. The summed E-state index contributed by atoms with van der Waals surface area (Å²) < 4.78 is 5.80. The van der Waals surface area contributed by atoms with Crippen molar-refractivity contribution in [3.63, 3.8) is 0 Å². The number of benzene rings is 3. The summed E-state index contributed by atoms with van der Waals surface area (Å²) in [5, 5.41) is 13.7. The van der Waals surface area contributed by atoms with E-state index < -0.39 is 11.6 Å². The molecule has 46 heavy (non-hydrogen) atoms. The van der Waals surface area contributed by atoms with Gasteiger partial charge in [-0.3, -0.25) is 14.4 Å². The Hall–Kier alpha value is -5.25. The third kappa shape index (κ3) is 5.23. The molecule has 0 radical (unpaired) electrons. The van der Waals surface area contributed by atoms with Crippen LogP contribution in [0.25, 0.3) is 5.70 Å². The number of hydrogen-bond donors (Lipinski definition) is 3. The van der Waals surface area contributed by atoms with Gasteiger partial charge in [-0.1, -0.05) is 35.9 Å². The molecule has 0 bridgehead atoms. The fraction of sp³-hybridized carbons (Fsp3) is 0.306. The van der Waals surface area contributed by atoms with Gasteiger partial charge in [0.15, 0.2) is 0 Å². The molecular weight excluding hydrogens is 582 g/mol. The predicted octanol–water partition coefficient (Wildman–Crippen LogP) is 4.43. The standard InChI is InChI=1S/C36H37N5O5/c1-20-9-11-26-28(13-20)29-16-36(29,46-35(26)45)19-39-32(42)25-8-6-7-23(14-25)18-41-22(3)33(43)40(5)30-15-24(10-12-27(30)34(41)44)31(38-4)21(2)17-37/h6-15,17,22,29,37-38H,16,18-19H2,1-5H3,(H,39,42)/b31-21-,37-17?/t22-,29?,36?/m1/s1. The van der Waals surface area contributed by atoms with Crippen LogP contribution in [0.1, 0.15) is 79.5 Å². The smallest absolute Gasteiger partial charge is 0.339 e. The number of anilines is 1. The van der Waals surface area contributed by atoms with Gasteiger partial charge >= 0.3 is 5.97 Å². The molecule has 6 rings (SSSR count). The van der Waals surface area contributed by atoms with Gasteiger partial charge < -0.3 is 30.6 Å². The summed E-state index contributed by atoms with van der Waals surface area (Å²) in [5.41, 5.74) is 6.07. The largest absolute Gasteiger partial charge is 0.453 e. The topological polar surface area (TPSA) is 132 Å². The molecule has 3 atom stereocenters. The first-order chi connectivity index (χ1) is 22.0. The number of rotatable bonds is 8. The molecule has 0 saturated heterocycles. The van der Waals surface area contributed by atoms with Crippen LogP contribution in [0.4, 0.5) is 5.69 Å². The first kappa shape index (κ1) is 30.8. The molecule has 3 amide bonds. The van der Waals surface area contributed by atoms with Crippen LogP contribution in [-0.2, 0) is 16.1 Å². The van der Waals surface area contributed by atoms with Crippen molar-refractivity contribution in [2.24, 2.45) is 0 Å². The average Bonchev–Trinajstić information content (AvgIpc) is 3.80. The van der Waals surface area contributed by atoms with Crippen LogP contribution in [0.15, 0.2) is 66.2 Å². The minimum Gasteiger partial charge on any atom is -0.453 e. The van der Waals surface area contributed by atoms with Crippen molar-refractivity contribution in [3.8, 4) is 0 Å². The molecule has 10 heteroatoms. The normalized spacial score (nSPS) is 22.1. The van der Waals surface area contributed by atoms with Crippen molar-refractivity contribution in [1.82, 2.24) is 15.5 Å². The number of aryl methyl sites for hydroxylation is 1. The Kier molecular flexibility index (Phi) is 7.75. The molecule has 1 aliphatic carbocycles. The maximum absolute atomic E-state index is 13.9. The number of nitrogens with zero attached hydrogens (tertiary/aromatic N) is 2. The van der Waals surface area contributed by atoms with Gasteiger partial charge in [0.25, 0.3) is 11.8 Å². The molecule has 2 heterocycles. The summed E-state index contributed by atoms with van der Waals surface area (Å²) in [4.78, 5) is 56.4. The highest BCUT2D eigenvalue weighted by Gasteiger charge is 2.62. The van der Waals surface area contributed by atoms with E-state index in [4.69, 9.17) is 10.1 Å². The molecule has 0 spiro atoms. The van der Waals surface area contributed by atoms with Gasteiger partial charge in [0.05, 0.1) is 23.4 Å². The van der Waals surface area contributed by atoms with E-state index in [2.05, 4.69) is 10.6 Å². The molecule has 2 aliphatic heterocycles. The Labute approximate surface area is 267 Å². The van der Waals surface area contributed by atoms with E-state index in [1.165, 1.54) is 16.0 Å². The number of likely N-dealkylation sites (N-methyl/N-ethyl adjacent to an activating group) is 1. The summed E-state index contributed by atoms with van der Waals surface area (Å²) in [6.07, 6.45) is 1.91. The van der Waals surface area contributed by atoms with Gasteiger partial charge in [-0.2, -0.15) is 0 Å². The lowest BCUT2D eigenvalue weighted by Gasteiger charge is -2.27. The molecule has 1 saturated carbocycles. The van der Waals surface area contributed by atoms with Crippen LogP contribution in [-0.4, -0.2) is 67.1 Å². The Morgan fingerprint density at radius 2 is 1.83 bits per heavy atom. The Balaban J connectivity index is 1.20. The predicted molar refractivity (Wildman–Crippen MR) is 175 cm³/mol. The van der Waals surface area contributed by atoms with Crippen LogP contribution in [0.5, 0.6) is 0 Å². The van der Waals surface area contributed by atoms with Crippen LogP contribution >= 0.6 is 0 Å². The fourth-order valence-electron chi connectivity index (χ4n) is 6.62. The minimum absolute atomic E-state index is 0.0535. The van der Waals surface area contributed by atoms with Crippen LogP contribution in [0.3, 0.4) is 0 Å². The summed E-state index contributed by atoms with van der Waals surface area (Å²) in [6.45, 7) is 5.83. The minimum atomic E-state index is -0.758. The zero-order valence-corrected chi connectivity index (χ0v) is 26.6. The highest BCUT2D eigenvalue weighted by molar-refractivity contribution is 6.11. The molecular formula is C36H37N5O5. The number of ether oxygens (including phenoxy) is 1. The van der Waals surface area contributed by atoms with E-state index in [-0.39, 0.29) is 42.7 Å². The van der Waals surface area contributed by atoms with Gasteiger partial charge in [0.2, 0.25) is 5.91 Å². The summed E-state index contributed by atoms with van der Waals surface area (Å²) in [5.74, 6) is -1.17. The molecule has 3 aromatic rings.